The first kappa shape index (κ1) is 17.5. The Morgan fingerprint density at radius 3 is 2.58 bits per heavy atom. The minimum Gasteiger partial charge on any atom is -0.494 e. The molecule has 0 saturated heterocycles. The van der Waals surface area contributed by atoms with Gasteiger partial charge in [-0.2, -0.15) is 0 Å². The summed E-state index contributed by atoms with van der Waals surface area (Å²) in [4.78, 5) is 23.3. The van der Waals surface area contributed by atoms with E-state index >= 15 is 0 Å². The highest BCUT2D eigenvalue weighted by atomic mass is 16.5. The van der Waals surface area contributed by atoms with E-state index in [0.29, 0.717) is 18.8 Å². The van der Waals surface area contributed by atoms with Crippen LogP contribution in [0.25, 0.3) is 0 Å². The van der Waals surface area contributed by atoms with E-state index in [4.69, 9.17) is 9.26 Å². The highest BCUT2D eigenvalue weighted by Gasteiger charge is 2.20. The van der Waals surface area contributed by atoms with Crippen molar-refractivity contribution >= 4 is 11.9 Å². The number of nitrogens with one attached hydrogen (secondary N) is 1. The maximum atomic E-state index is 11.9. The molecule has 7 nitrogen and oxygen atoms in total. The number of aliphatic carboxylic acids is 1. The van der Waals surface area contributed by atoms with Crippen molar-refractivity contribution in [3.63, 3.8) is 0 Å². The molecule has 0 aliphatic carbocycles. The molecule has 2 aromatic rings. The van der Waals surface area contributed by atoms with Crippen molar-refractivity contribution < 1.29 is 24.0 Å². The van der Waals surface area contributed by atoms with Crippen LogP contribution in [0.4, 0.5) is 0 Å². The molecule has 0 spiro atoms. The Balaban J connectivity index is 1.94. The molecule has 1 unspecified atom stereocenters. The highest BCUT2D eigenvalue weighted by molar-refractivity contribution is 5.92. The lowest BCUT2D eigenvalue weighted by Gasteiger charge is -2.13. The number of aromatic nitrogens is 1. The van der Waals surface area contributed by atoms with Crippen LogP contribution in [-0.4, -0.2) is 35.3 Å². The number of rotatable bonds is 8. The standard InChI is InChI=1S/C17H20N2O5/c1-3-23-14-6-4-12(5-7-14)9-13(17(21)22)10-18-16(20)15-8-11(2)24-19-15/h4-8,13H,3,9-10H2,1-2H3,(H,18,20)(H,21,22). The number of benzene rings is 1. The van der Waals surface area contributed by atoms with Crippen LogP contribution in [0.5, 0.6) is 5.75 Å². The third-order valence-electron chi connectivity index (χ3n) is 3.44. The maximum absolute atomic E-state index is 11.9. The molecule has 0 aliphatic heterocycles. The van der Waals surface area contributed by atoms with E-state index in [1.54, 1.807) is 19.1 Å². The summed E-state index contributed by atoms with van der Waals surface area (Å²) >= 11 is 0. The minimum atomic E-state index is -0.972. The monoisotopic (exact) mass is 332 g/mol. The van der Waals surface area contributed by atoms with Crippen LogP contribution in [0.15, 0.2) is 34.9 Å². The van der Waals surface area contributed by atoms with Crippen LogP contribution in [0.3, 0.4) is 0 Å². The summed E-state index contributed by atoms with van der Waals surface area (Å²) in [5, 5.41) is 15.5. The third kappa shape index (κ3) is 4.84. The lowest BCUT2D eigenvalue weighted by atomic mass is 9.99. The number of hydrogen-bond donors (Lipinski definition) is 2. The average molecular weight is 332 g/mol. The number of amides is 1. The van der Waals surface area contributed by atoms with E-state index in [0.717, 1.165) is 11.3 Å². The molecule has 1 aromatic carbocycles. The van der Waals surface area contributed by atoms with Crippen LogP contribution >= 0.6 is 0 Å². The van der Waals surface area contributed by atoms with Gasteiger partial charge >= 0.3 is 5.97 Å². The molecule has 2 rings (SSSR count). The Hall–Kier alpha value is -2.83. The molecule has 1 amide bonds. The number of nitrogens with zero attached hydrogens (tertiary/aromatic N) is 1. The zero-order valence-corrected chi connectivity index (χ0v) is 13.6. The number of carbonyl (C=O) groups excluding carboxylic acids is 1. The molecule has 0 aliphatic rings. The fraction of sp³-hybridized carbons (Fsp3) is 0.353. The second-order valence-corrected chi connectivity index (χ2v) is 5.35. The molecule has 128 valence electrons. The lowest BCUT2D eigenvalue weighted by molar-refractivity contribution is -0.141. The van der Waals surface area contributed by atoms with Crippen LogP contribution in [0.1, 0.15) is 28.7 Å². The van der Waals surface area contributed by atoms with E-state index in [1.165, 1.54) is 6.07 Å². The summed E-state index contributed by atoms with van der Waals surface area (Å²) in [6.45, 7) is 4.15. The van der Waals surface area contributed by atoms with Crippen LogP contribution in [0.2, 0.25) is 0 Å². The van der Waals surface area contributed by atoms with Gasteiger partial charge in [0.2, 0.25) is 0 Å². The molecular weight excluding hydrogens is 312 g/mol. The Labute approximate surface area is 139 Å². The molecule has 1 heterocycles. The number of carbonyl (C=O) groups is 2. The summed E-state index contributed by atoms with van der Waals surface area (Å²) in [6, 6.07) is 8.74. The zero-order valence-electron chi connectivity index (χ0n) is 13.6. The molecule has 1 aromatic heterocycles. The van der Waals surface area contributed by atoms with E-state index in [9.17, 15) is 14.7 Å². The first-order valence-corrected chi connectivity index (χ1v) is 7.65. The van der Waals surface area contributed by atoms with Crippen LogP contribution < -0.4 is 10.1 Å². The van der Waals surface area contributed by atoms with Gasteiger partial charge in [-0.3, -0.25) is 9.59 Å². The molecule has 0 radical (unpaired) electrons. The van der Waals surface area contributed by atoms with Gasteiger partial charge in [0.25, 0.3) is 5.91 Å². The number of aryl methyl sites for hydroxylation is 1. The number of ether oxygens (including phenoxy) is 1. The number of carboxylic acids is 1. The van der Waals surface area contributed by atoms with Crippen molar-refractivity contribution in [1.29, 1.82) is 0 Å². The second kappa shape index (κ2) is 8.14. The van der Waals surface area contributed by atoms with Crippen LogP contribution in [0, 0.1) is 12.8 Å². The van der Waals surface area contributed by atoms with E-state index in [2.05, 4.69) is 10.5 Å². The molecule has 0 fully saturated rings. The van der Waals surface area contributed by atoms with Crippen molar-refractivity contribution in [3.8, 4) is 5.75 Å². The van der Waals surface area contributed by atoms with Gasteiger partial charge in [-0.25, -0.2) is 0 Å². The van der Waals surface area contributed by atoms with Crippen molar-refractivity contribution in [2.75, 3.05) is 13.2 Å². The minimum absolute atomic E-state index is 0.00723. The molecule has 2 N–H and O–H groups in total. The normalized spacial score (nSPS) is 11.8. The Bertz CT molecular complexity index is 693. The maximum Gasteiger partial charge on any atom is 0.308 e. The number of hydrogen-bond acceptors (Lipinski definition) is 5. The zero-order chi connectivity index (χ0) is 17.5. The fourth-order valence-electron chi connectivity index (χ4n) is 2.20. The first-order valence-electron chi connectivity index (χ1n) is 7.65. The Morgan fingerprint density at radius 1 is 1.33 bits per heavy atom. The topological polar surface area (TPSA) is 102 Å². The predicted octanol–water partition coefficient (Wildman–Crippen LogP) is 2.06. The van der Waals surface area contributed by atoms with Gasteiger partial charge in [-0.05, 0) is 38.0 Å². The van der Waals surface area contributed by atoms with E-state index in [1.807, 2.05) is 19.1 Å². The van der Waals surface area contributed by atoms with Gasteiger partial charge in [0.1, 0.15) is 11.5 Å². The Kier molecular flexibility index (Phi) is 5.95. The molecule has 7 heteroatoms. The molecule has 0 bridgehead atoms. The predicted molar refractivity (Wildman–Crippen MR) is 86.0 cm³/mol. The van der Waals surface area contributed by atoms with Crippen molar-refractivity contribution in [2.45, 2.75) is 20.3 Å². The van der Waals surface area contributed by atoms with Gasteiger partial charge in [-0.15, -0.1) is 0 Å². The quantitative estimate of drug-likeness (QED) is 0.767. The third-order valence-corrected chi connectivity index (χ3v) is 3.44. The fourth-order valence-corrected chi connectivity index (χ4v) is 2.20. The van der Waals surface area contributed by atoms with E-state index < -0.39 is 17.8 Å². The smallest absolute Gasteiger partial charge is 0.308 e. The van der Waals surface area contributed by atoms with Crippen molar-refractivity contribution in [2.24, 2.45) is 5.92 Å². The first-order chi connectivity index (χ1) is 11.5. The summed E-state index contributed by atoms with van der Waals surface area (Å²) in [6.07, 6.45) is 0.305. The summed E-state index contributed by atoms with van der Waals surface area (Å²) in [5.74, 6) is -0.905. The van der Waals surface area contributed by atoms with Gasteiger partial charge in [0, 0.05) is 12.6 Å². The van der Waals surface area contributed by atoms with Crippen molar-refractivity contribution in [1.82, 2.24) is 10.5 Å². The lowest BCUT2D eigenvalue weighted by Crippen LogP contribution is -2.34. The second-order valence-electron chi connectivity index (χ2n) is 5.35. The highest BCUT2D eigenvalue weighted by Crippen LogP contribution is 2.15. The van der Waals surface area contributed by atoms with E-state index in [-0.39, 0.29) is 12.2 Å². The summed E-state index contributed by atoms with van der Waals surface area (Å²) in [7, 11) is 0. The van der Waals surface area contributed by atoms with Gasteiger partial charge in [0.15, 0.2) is 5.69 Å². The molecule has 0 saturated carbocycles. The van der Waals surface area contributed by atoms with Crippen molar-refractivity contribution in [3.05, 3.63) is 47.3 Å². The van der Waals surface area contributed by atoms with Gasteiger partial charge in [0.05, 0.1) is 12.5 Å². The summed E-state index contributed by atoms with van der Waals surface area (Å²) in [5.41, 5.74) is 0.995. The van der Waals surface area contributed by atoms with Gasteiger partial charge in [-0.1, -0.05) is 17.3 Å². The summed E-state index contributed by atoms with van der Waals surface area (Å²) < 4.78 is 10.2. The Morgan fingerprint density at radius 2 is 2.04 bits per heavy atom. The van der Waals surface area contributed by atoms with Gasteiger partial charge < -0.3 is 19.7 Å². The molecule has 1 atom stereocenters. The number of carboxylic acid groups (broad SMARTS) is 1. The molecular formula is C17H20N2O5. The SMILES string of the molecule is CCOc1ccc(CC(CNC(=O)c2cc(C)on2)C(=O)O)cc1. The van der Waals surface area contributed by atoms with Crippen LogP contribution in [-0.2, 0) is 11.2 Å². The average Bonchev–Trinajstić information content (AvgIpc) is 2.99. The largest absolute Gasteiger partial charge is 0.494 e. The molecule has 24 heavy (non-hydrogen) atoms.